The molecule has 13 heteroatoms. The number of carbonyl (C=O) groups is 1. The molecule has 114 valence electrons. The molecular weight excluding hydrogens is 318 g/mol. The highest BCUT2D eigenvalue weighted by molar-refractivity contribution is 7.72. The van der Waals surface area contributed by atoms with E-state index >= 15 is 0 Å². The van der Waals surface area contributed by atoms with Crippen LogP contribution in [0.4, 0.5) is 0 Å². The van der Waals surface area contributed by atoms with Gasteiger partial charge in [0.2, 0.25) is 6.33 Å². The van der Waals surface area contributed by atoms with Crippen molar-refractivity contribution in [2.45, 2.75) is 18.2 Å². The number of carboxylic acids is 1. The average molecular weight is 331 g/mol. The van der Waals surface area contributed by atoms with Crippen molar-refractivity contribution in [2.75, 3.05) is 0 Å². The molecule has 0 bridgehead atoms. The highest BCUT2D eigenvalue weighted by Gasteiger charge is 2.61. The molecule has 6 N–H and O–H groups in total. The molecule has 11 nitrogen and oxygen atoms in total. The van der Waals surface area contributed by atoms with Crippen LogP contribution in [-0.2, 0) is 27.0 Å². The summed E-state index contributed by atoms with van der Waals surface area (Å²) in [6.45, 7) is -1.56. The van der Waals surface area contributed by atoms with Crippen molar-refractivity contribution in [1.29, 1.82) is 0 Å². The van der Waals surface area contributed by atoms with Crippen LogP contribution >= 0.6 is 15.2 Å². The van der Waals surface area contributed by atoms with Gasteiger partial charge in [0.15, 0.2) is 6.54 Å². The van der Waals surface area contributed by atoms with Crippen LogP contribution in [0.3, 0.4) is 0 Å². The topological polar surface area (TPSA) is 181 Å². The first-order valence-corrected chi connectivity index (χ1v) is 8.19. The first kappa shape index (κ1) is 17.0. The van der Waals surface area contributed by atoms with E-state index in [-0.39, 0.29) is 0 Å². The van der Waals surface area contributed by atoms with Gasteiger partial charge in [-0.05, 0) is 0 Å². The van der Waals surface area contributed by atoms with Gasteiger partial charge in [-0.3, -0.25) is 9.13 Å². The van der Waals surface area contributed by atoms with Gasteiger partial charge in [-0.2, -0.15) is 0 Å². The highest BCUT2D eigenvalue weighted by Crippen LogP contribution is 2.67. The maximum absolute atomic E-state index is 11.1. The van der Waals surface area contributed by atoms with Crippen LogP contribution in [0.2, 0.25) is 0 Å². The first-order chi connectivity index (χ1) is 8.87. The number of aliphatic hydroxyl groups is 1. The van der Waals surface area contributed by atoms with Crippen molar-refractivity contribution in [2.24, 2.45) is 0 Å². The lowest BCUT2D eigenvalue weighted by molar-refractivity contribution is -0.685. The van der Waals surface area contributed by atoms with Gasteiger partial charge in [0.1, 0.15) is 18.9 Å². The molecule has 0 amide bonds. The van der Waals surface area contributed by atoms with E-state index in [4.69, 9.17) is 24.7 Å². The van der Waals surface area contributed by atoms with Gasteiger partial charge in [0.25, 0.3) is 0 Å². The summed E-state index contributed by atoms with van der Waals surface area (Å²) >= 11 is 0. The third kappa shape index (κ3) is 3.53. The molecule has 0 unspecified atom stereocenters. The molecule has 0 radical (unpaired) electrons. The predicted octanol–water partition coefficient (Wildman–Crippen LogP) is -2.14. The van der Waals surface area contributed by atoms with Crippen LogP contribution in [0, 0.1) is 0 Å². The third-order valence-electron chi connectivity index (χ3n) is 2.39. The van der Waals surface area contributed by atoms with Crippen molar-refractivity contribution < 1.29 is 48.3 Å². The Balaban J connectivity index is 3.10. The summed E-state index contributed by atoms with van der Waals surface area (Å²) in [5.74, 6) is -1.19. The minimum atomic E-state index is -5.55. The number of hydrogen-bond donors (Lipinski definition) is 6. The van der Waals surface area contributed by atoms with Gasteiger partial charge in [0.05, 0.1) is 0 Å². The van der Waals surface area contributed by atoms with E-state index in [0.29, 0.717) is 0 Å². The summed E-state index contributed by atoms with van der Waals surface area (Å²) in [4.78, 5) is 46.2. The molecule has 0 saturated carbocycles. The van der Waals surface area contributed by atoms with Crippen molar-refractivity contribution in [3.63, 3.8) is 0 Å². The number of aromatic nitrogens is 2. The molecule has 1 rings (SSSR count). The number of aliphatic carboxylic acids is 1. The Kier molecular flexibility index (Phi) is 4.57. The Labute approximate surface area is 112 Å². The number of hydrogen-bond acceptors (Lipinski definition) is 4. The van der Waals surface area contributed by atoms with Gasteiger partial charge in [0, 0.05) is 0 Å². The molecule has 0 atom stereocenters. The summed E-state index contributed by atoms with van der Waals surface area (Å²) in [7, 11) is -11.1. The van der Waals surface area contributed by atoms with Crippen LogP contribution < -0.4 is 4.57 Å². The normalized spacial score (nSPS) is 13.4. The second-order valence-electron chi connectivity index (χ2n) is 4.01. The molecule has 20 heavy (non-hydrogen) atoms. The monoisotopic (exact) mass is 331 g/mol. The number of carboxylic acid groups (broad SMARTS) is 1. The van der Waals surface area contributed by atoms with Crippen molar-refractivity contribution in [1.82, 2.24) is 4.57 Å². The van der Waals surface area contributed by atoms with Crippen LogP contribution in [0.25, 0.3) is 0 Å². The molecule has 0 aliphatic heterocycles. The fourth-order valence-electron chi connectivity index (χ4n) is 1.38. The second kappa shape index (κ2) is 5.38. The number of imidazole rings is 1. The van der Waals surface area contributed by atoms with Gasteiger partial charge in [-0.15, -0.1) is 0 Å². The average Bonchev–Trinajstić information content (AvgIpc) is 2.60. The summed E-state index contributed by atoms with van der Waals surface area (Å²) in [5.41, 5.74) is 0. The number of nitrogens with zero attached hydrogens (tertiary/aromatic N) is 2. The summed E-state index contributed by atoms with van der Waals surface area (Å²) in [6.07, 6.45) is 3.34. The molecule has 0 aliphatic rings. The van der Waals surface area contributed by atoms with E-state index < -0.39 is 39.3 Å². The Hall–Kier alpha value is -1.06. The zero-order valence-corrected chi connectivity index (χ0v) is 11.6. The minimum absolute atomic E-state index is 0.461. The maximum Gasteiger partial charge on any atom is 0.373 e. The molecule has 1 heterocycles. The van der Waals surface area contributed by atoms with E-state index in [1.54, 1.807) is 0 Å². The smallest absolute Gasteiger partial charge is 0.373 e. The van der Waals surface area contributed by atoms with Crippen LogP contribution in [0.5, 0.6) is 0 Å². The molecule has 0 saturated heterocycles. The number of rotatable bonds is 6. The van der Waals surface area contributed by atoms with E-state index in [1.165, 1.54) is 6.20 Å². The lowest BCUT2D eigenvalue weighted by Crippen LogP contribution is -2.37. The van der Waals surface area contributed by atoms with Crippen molar-refractivity contribution in [3.8, 4) is 0 Å². The predicted molar refractivity (Wildman–Crippen MR) is 61.3 cm³/mol. The van der Waals surface area contributed by atoms with E-state index in [0.717, 1.165) is 21.7 Å². The van der Waals surface area contributed by atoms with Crippen molar-refractivity contribution in [3.05, 3.63) is 18.7 Å². The molecule has 1 aromatic rings. The summed E-state index contributed by atoms with van der Waals surface area (Å²) in [5, 5.41) is 14.6. The fourth-order valence-corrected chi connectivity index (χ4v) is 3.43. The van der Waals surface area contributed by atoms with Crippen LogP contribution in [0.15, 0.2) is 18.7 Å². The molecule has 0 aromatic carbocycles. The Bertz CT molecular complexity index is 577. The molecule has 0 spiro atoms. The Morgan fingerprint density at radius 3 is 2.10 bits per heavy atom. The van der Waals surface area contributed by atoms with Gasteiger partial charge < -0.3 is 29.8 Å². The zero-order chi connectivity index (χ0) is 15.8. The summed E-state index contributed by atoms with van der Waals surface area (Å²) in [6, 6.07) is 0. The maximum atomic E-state index is 11.1. The SMILES string of the molecule is O=C(O)C[n+]1ccn(CC(O)(P(=O)(O)O)P(=O)(O)O)c1. The zero-order valence-electron chi connectivity index (χ0n) is 9.84. The second-order valence-corrected chi connectivity index (χ2v) is 8.02. The Morgan fingerprint density at radius 1 is 1.20 bits per heavy atom. The first-order valence-electron chi connectivity index (χ1n) is 4.97. The van der Waals surface area contributed by atoms with Crippen molar-refractivity contribution >= 4 is 21.2 Å². The molecule has 0 aliphatic carbocycles. The molecule has 1 aromatic heterocycles. The minimum Gasteiger partial charge on any atom is -0.478 e. The van der Waals surface area contributed by atoms with E-state index in [1.807, 2.05) is 0 Å². The molecular formula is C7H13N2O9P2+. The van der Waals surface area contributed by atoms with Gasteiger partial charge in [-0.25, -0.2) is 13.9 Å². The Morgan fingerprint density at radius 2 is 1.70 bits per heavy atom. The third-order valence-corrected chi connectivity index (χ3v) is 6.10. The van der Waals surface area contributed by atoms with Crippen LogP contribution in [-0.4, -0.2) is 45.4 Å². The van der Waals surface area contributed by atoms with Crippen LogP contribution in [0.1, 0.15) is 0 Å². The standard InChI is InChI=1S/C7H12N2O9P2/c10-6(11)3-8-1-2-9(5-8)4-7(12,19(13,14)15)20(16,17)18/h1-2,5,12H,3-4H2,(H4-,10,11,13,14,15,16,17,18)/p+1. The summed E-state index contributed by atoms with van der Waals surface area (Å²) < 4.78 is 24.2. The van der Waals surface area contributed by atoms with E-state index in [9.17, 15) is 19.0 Å². The van der Waals surface area contributed by atoms with Gasteiger partial charge in [-0.1, -0.05) is 0 Å². The lowest BCUT2D eigenvalue weighted by Gasteiger charge is -2.27. The fraction of sp³-hybridized carbons (Fsp3) is 0.429. The largest absolute Gasteiger partial charge is 0.478 e. The van der Waals surface area contributed by atoms with Gasteiger partial charge >= 0.3 is 26.2 Å². The lowest BCUT2D eigenvalue weighted by atomic mass is 10.6. The highest BCUT2D eigenvalue weighted by atomic mass is 31.2. The van der Waals surface area contributed by atoms with E-state index in [2.05, 4.69) is 0 Å². The molecule has 0 fully saturated rings. The quantitative estimate of drug-likeness (QED) is 0.250.